The minimum atomic E-state index is -1.19. The number of carboxylic acids is 1. The van der Waals surface area contributed by atoms with E-state index in [0.29, 0.717) is 17.9 Å². The molecule has 3 atom stereocenters. The molecule has 3 unspecified atom stereocenters. The number of carboxylic acid groups (broad SMARTS) is 1. The van der Waals surface area contributed by atoms with E-state index in [9.17, 15) is 14.7 Å². The quantitative estimate of drug-likeness (QED) is 0.848. The Bertz CT molecular complexity index is 560. The summed E-state index contributed by atoms with van der Waals surface area (Å²) in [6.45, 7) is 3.47. The highest BCUT2D eigenvalue weighted by molar-refractivity contribution is 6.30. The van der Waals surface area contributed by atoms with Crippen molar-refractivity contribution in [1.82, 2.24) is 5.32 Å². The number of nitrogens with one attached hydrogen (secondary N) is 1. The Morgan fingerprint density at radius 2 is 2.19 bits per heavy atom. The predicted octanol–water partition coefficient (Wildman–Crippen LogP) is 3.20. The third kappa shape index (κ3) is 3.56. The van der Waals surface area contributed by atoms with Crippen LogP contribution in [0.25, 0.3) is 0 Å². The highest BCUT2D eigenvalue weighted by Gasteiger charge is 2.46. The summed E-state index contributed by atoms with van der Waals surface area (Å²) in [5.74, 6) is -1.18. The molecule has 1 aliphatic carbocycles. The molecule has 1 saturated carbocycles. The lowest BCUT2D eigenvalue weighted by Gasteiger charge is -2.25. The van der Waals surface area contributed by atoms with Crippen LogP contribution in [0, 0.1) is 5.92 Å². The summed E-state index contributed by atoms with van der Waals surface area (Å²) in [7, 11) is 0. The standard InChI is InChI=1S/C16H20ClNO3/c1-3-7-16(2,15(20)21)18-14(19)13-9-12(13)10-5-4-6-11(17)8-10/h4-6,8,12-13H,3,7,9H2,1-2H3,(H,18,19)(H,20,21). The van der Waals surface area contributed by atoms with Crippen LogP contribution in [0.3, 0.4) is 0 Å². The highest BCUT2D eigenvalue weighted by Crippen LogP contribution is 2.48. The third-order valence-electron chi connectivity index (χ3n) is 4.03. The lowest BCUT2D eigenvalue weighted by molar-refractivity contribution is -0.147. The van der Waals surface area contributed by atoms with Gasteiger partial charge in [0.2, 0.25) is 5.91 Å². The van der Waals surface area contributed by atoms with Crippen molar-refractivity contribution in [3.05, 3.63) is 34.9 Å². The minimum Gasteiger partial charge on any atom is -0.480 e. The van der Waals surface area contributed by atoms with E-state index < -0.39 is 11.5 Å². The van der Waals surface area contributed by atoms with Gasteiger partial charge in [-0.15, -0.1) is 0 Å². The maximum atomic E-state index is 12.3. The Labute approximate surface area is 129 Å². The van der Waals surface area contributed by atoms with Crippen molar-refractivity contribution in [3.8, 4) is 0 Å². The summed E-state index contributed by atoms with van der Waals surface area (Å²) < 4.78 is 0. The summed E-state index contributed by atoms with van der Waals surface area (Å²) in [4.78, 5) is 23.6. The van der Waals surface area contributed by atoms with Crippen LogP contribution < -0.4 is 5.32 Å². The fraction of sp³-hybridized carbons (Fsp3) is 0.500. The first-order chi connectivity index (χ1) is 9.87. The predicted molar refractivity (Wildman–Crippen MR) is 81.4 cm³/mol. The molecule has 0 aliphatic heterocycles. The van der Waals surface area contributed by atoms with Crippen molar-refractivity contribution in [2.75, 3.05) is 0 Å². The van der Waals surface area contributed by atoms with Gasteiger partial charge in [-0.05, 0) is 43.4 Å². The number of aliphatic carboxylic acids is 1. The Balaban J connectivity index is 2.01. The summed E-state index contributed by atoms with van der Waals surface area (Å²) in [5.41, 5.74) is -0.150. The first-order valence-corrected chi connectivity index (χ1v) is 7.56. The molecule has 0 aromatic heterocycles. The summed E-state index contributed by atoms with van der Waals surface area (Å²) in [6, 6.07) is 7.48. The van der Waals surface area contributed by atoms with Gasteiger partial charge in [0.05, 0.1) is 0 Å². The number of benzene rings is 1. The van der Waals surface area contributed by atoms with Gasteiger partial charge in [-0.25, -0.2) is 4.79 Å². The zero-order chi connectivity index (χ0) is 15.6. The van der Waals surface area contributed by atoms with Gasteiger partial charge in [0.25, 0.3) is 0 Å². The van der Waals surface area contributed by atoms with E-state index >= 15 is 0 Å². The molecule has 1 aliphatic rings. The fourth-order valence-electron chi connectivity index (χ4n) is 2.68. The second kappa shape index (κ2) is 6.06. The number of amides is 1. The smallest absolute Gasteiger partial charge is 0.329 e. The third-order valence-corrected chi connectivity index (χ3v) is 4.26. The van der Waals surface area contributed by atoms with Crippen LogP contribution in [-0.4, -0.2) is 22.5 Å². The van der Waals surface area contributed by atoms with Gasteiger partial charge in [-0.3, -0.25) is 4.79 Å². The van der Waals surface area contributed by atoms with Crippen molar-refractivity contribution in [2.24, 2.45) is 5.92 Å². The maximum Gasteiger partial charge on any atom is 0.329 e. The van der Waals surface area contributed by atoms with E-state index in [1.807, 2.05) is 25.1 Å². The topological polar surface area (TPSA) is 66.4 Å². The molecule has 1 aromatic rings. The highest BCUT2D eigenvalue weighted by atomic mass is 35.5. The summed E-state index contributed by atoms with van der Waals surface area (Å²) in [5, 5.41) is 12.7. The number of hydrogen-bond acceptors (Lipinski definition) is 2. The Kier molecular flexibility index (Phi) is 4.57. The van der Waals surface area contributed by atoms with Gasteiger partial charge < -0.3 is 10.4 Å². The zero-order valence-electron chi connectivity index (χ0n) is 12.2. The Morgan fingerprint density at radius 1 is 1.48 bits per heavy atom. The first-order valence-electron chi connectivity index (χ1n) is 7.18. The average molecular weight is 310 g/mol. The van der Waals surface area contributed by atoms with Crippen LogP contribution in [0.15, 0.2) is 24.3 Å². The molecule has 0 heterocycles. The van der Waals surface area contributed by atoms with E-state index in [1.165, 1.54) is 0 Å². The van der Waals surface area contributed by atoms with Gasteiger partial charge >= 0.3 is 5.97 Å². The molecule has 1 fully saturated rings. The van der Waals surface area contributed by atoms with Crippen LogP contribution in [0.2, 0.25) is 5.02 Å². The van der Waals surface area contributed by atoms with Crippen molar-refractivity contribution in [1.29, 1.82) is 0 Å². The summed E-state index contributed by atoms with van der Waals surface area (Å²) in [6.07, 6.45) is 1.86. The molecule has 0 radical (unpaired) electrons. The second-order valence-corrected chi connectivity index (χ2v) is 6.32. The molecule has 0 saturated heterocycles. The van der Waals surface area contributed by atoms with Gasteiger partial charge in [0, 0.05) is 10.9 Å². The number of halogens is 1. The average Bonchev–Trinajstić information content (AvgIpc) is 3.19. The van der Waals surface area contributed by atoms with E-state index in [0.717, 1.165) is 12.0 Å². The summed E-state index contributed by atoms with van der Waals surface area (Å²) >= 11 is 5.95. The van der Waals surface area contributed by atoms with Crippen LogP contribution in [0.4, 0.5) is 0 Å². The maximum absolute atomic E-state index is 12.3. The number of rotatable bonds is 6. The zero-order valence-corrected chi connectivity index (χ0v) is 13.0. The molecular weight excluding hydrogens is 290 g/mol. The van der Waals surface area contributed by atoms with Crippen molar-refractivity contribution in [3.63, 3.8) is 0 Å². The Morgan fingerprint density at radius 3 is 2.76 bits per heavy atom. The molecule has 4 nitrogen and oxygen atoms in total. The minimum absolute atomic E-state index is 0.142. The normalized spacial score (nSPS) is 23.2. The largest absolute Gasteiger partial charge is 0.480 e. The van der Waals surface area contributed by atoms with E-state index in [1.54, 1.807) is 13.0 Å². The first kappa shape index (κ1) is 15.8. The molecule has 5 heteroatoms. The van der Waals surface area contributed by atoms with Crippen LogP contribution in [0.1, 0.15) is 44.6 Å². The van der Waals surface area contributed by atoms with Gasteiger partial charge in [-0.2, -0.15) is 0 Å². The lowest BCUT2D eigenvalue weighted by Crippen LogP contribution is -2.52. The monoisotopic (exact) mass is 309 g/mol. The number of carbonyl (C=O) groups is 2. The van der Waals surface area contributed by atoms with Crippen LogP contribution in [-0.2, 0) is 9.59 Å². The lowest BCUT2D eigenvalue weighted by atomic mass is 9.96. The van der Waals surface area contributed by atoms with Gasteiger partial charge in [-0.1, -0.05) is 37.1 Å². The molecule has 0 spiro atoms. The molecule has 21 heavy (non-hydrogen) atoms. The number of carbonyl (C=O) groups excluding carboxylic acids is 1. The van der Waals surface area contributed by atoms with Crippen LogP contribution in [0.5, 0.6) is 0 Å². The van der Waals surface area contributed by atoms with E-state index in [4.69, 9.17) is 11.6 Å². The van der Waals surface area contributed by atoms with Crippen molar-refractivity contribution >= 4 is 23.5 Å². The molecule has 2 rings (SSSR count). The SMILES string of the molecule is CCCC(C)(NC(=O)C1CC1c1cccc(Cl)c1)C(=O)O. The van der Waals surface area contributed by atoms with Crippen molar-refractivity contribution < 1.29 is 14.7 Å². The van der Waals surface area contributed by atoms with E-state index in [2.05, 4.69) is 5.32 Å². The molecule has 1 aromatic carbocycles. The fourth-order valence-corrected chi connectivity index (χ4v) is 2.88. The second-order valence-electron chi connectivity index (χ2n) is 5.88. The van der Waals surface area contributed by atoms with Gasteiger partial charge in [0.15, 0.2) is 0 Å². The molecule has 114 valence electrons. The molecule has 1 amide bonds. The van der Waals surface area contributed by atoms with Crippen molar-refractivity contribution in [2.45, 2.75) is 44.6 Å². The van der Waals surface area contributed by atoms with E-state index in [-0.39, 0.29) is 17.7 Å². The Hall–Kier alpha value is -1.55. The molecule has 2 N–H and O–H groups in total. The van der Waals surface area contributed by atoms with Crippen LogP contribution >= 0.6 is 11.6 Å². The molecule has 0 bridgehead atoms. The van der Waals surface area contributed by atoms with Gasteiger partial charge in [0.1, 0.15) is 5.54 Å². The molecular formula is C16H20ClNO3. The number of hydrogen-bond donors (Lipinski definition) is 2.